The number of hydrogen-bond acceptors (Lipinski definition) is 6. The minimum Gasteiger partial charge on any atom is -0.504 e. The number of rotatable bonds is 7. The summed E-state index contributed by atoms with van der Waals surface area (Å²) in [5.41, 5.74) is 1.34. The van der Waals surface area contributed by atoms with E-state index >= 15 is 0 Å². The molecular formula is C35H35NO5. The zero-order valence-electron chi connectivity index (χ0n) is 23.0. The molecule has 2 unspecified atom stereocenters. The highest BCUT2D eigenvalue weighted by molar-refractivity contribution is 5.98. The van der Waals surface area contributed by atoms with Gasteiger partial charge in [-0.3, -0.25) is 14.5 Å². The highest BCUT2D eigenvalue weighted by Gasteiger charge is 2.75. The Hall–Kier alpha value is -3.48. The van der Waals surface area contributed by atoms with E-state index in [2.05, 4.69) is 4.90 Å². The number of piperidine rings is 1. The lowest BCUT2D eigenvalue weighted by atomic mass is 9.46. The predicted molar refractivity (Wildman–Crippen MR) is 153 cm³/mol. The molecule has 2 bridgehead atoms. The molecule has 41 heavy (non-hydrogen) atoms. The third-order valence-corrected chi connectivity index (χ3v) is 10.9. The molecule has 5 aliphatic rings. The maximum atomic E-state index is 14.7. The van der Waals surface area contributed by atoms with Crippen molar-refractivity contribution in [3.63, 3.8) is 0 Å². The van der Waals surface area contributed by atoms with Gasteiger partial charge in [-0.05, 0) is 61.8 Å². The van der Waals surface area contributed by atoms with Crippen LogP contribution in [0.1, 0.15) is 65.1 Å². The van der Waals surface area contributed by atoms with Gasteiger partial charge in [-0.15, -0.1) is 0 Å². The number of hydrogen-bond donors (Lipinski definition) is 2. The van der Waals surface area contributed by atoms with E-state index in [0.717, 1.165) is 29.8 Å². The third kappa shape index (κ3) is 3.56. The molecule has 3 aliphatic carbocycles. The zero-order valence-corrected chi connectivity index (χ0v) is 23.0. The number of carbonyl (C=O) groups is 2. The second kappa shape index (κ2) is 9.01. The van der Waals surface area contributed by atoms with E-state index in [1.54, 1.807) is 6.07 Å². The summed E-state index contributed by atoms with van der Waals surface area (Å²) in [4.78, 5) is 30.7. The lowest BCUT2D eigenvalue weighted by Gasteiger charge is -2.64. The van der Waals surface area contributed by atoms with Gasteiger partial charge in [-0.2, -0.15) is 0 Å². The number of Topliss-reactive ketones (excluding diaryl/α,β-unsaturated/α-hetero) is 2. The maximum absolute atomic E-state index is 14.7. The number of benzene rings is 3. The largest absolute Gasteiger partial charge is 0.504 e. The molecule has 3 fully saturated rings. The Kier molecular flexibility index (Phi) is 5.55. The van der Waals surface area contributed by atoms with E-state index in [9.17, 15) is 19.8 Å². The van der Waals surface area contributed by atoms with Crippen molar-refractivity contribution >= 4 is 11.6 Å². The van der Waals surface area contributed by atoms with Crippen LogP contribution < -0.4 is 4.74 Å². The molecule has 0 radical (unpaired) electrons. The molecule has 2 N–H and O–H groups in total. The Labute approximate surface area is 240 Å². The molecule has 1 spiro atoms. The number of phenolic OH excluding ortho intramolecular Hbond substituents is 1. The number of carbonyl (C=O) groups excluding carboxylic acids is 2. The van der Waals surface area contributed by atoms with E-state index in [-0.39, 0.29) is 36.2 Å². The van der Waals surface area contributed by atoms with Gasteiger partial charge in [0.2, 0.25) is 0 Å². The number of likely N-dealkylation sites (tertiary alicyclic amines) is 1. The number of aromatic hydroxyl groups is 1. The molecular weight excluding hydrogens is 514 g/mol. The highest BCUT2D eigenvalue weighted by Crippen LogP contribution is 2.66. The lowest BCUT2D eigenvalue weighted by molar-refractivity contribution is -0.199. The maximum Gasteiger partial charge on any atom is 0.178 e. The smallest absolute Gasteiger partial charge is 0.178 e. The highest BCUT2D eigenvalue weighted by atomic mass is 16.5. The molecule has 6 atom stereocenters. The van der Waals surface area contributed by atoms with Gasteiger partial charge in [0, 0.05) is 42.0 Å². The predicted octanol–water partition coefficient (Wildman–Crippen LogP) is 4.81. The summed E-state index contributed by atoms with van der Waals surface area (Å²) in [5, 5.41) is 24.0. The molecule has 2 heterocycles. The molecule has 8 rings (SSSR count). The van der Waals surface area contributed by atoms with Gasteiger partial charge in [0.15, 0.2) is 29.2 Å². The Morgan fingerprint density at radius 1 is 1.02 bits per heavy atom. The van der Waals surface area contributed by atoms with Crippen LogP contribution in [-0.4, -0.2) is 57.5 Å². The molecule has 210 valence electrons. The standard InChI is InChI=1S/C35H35NO5/c37-27-14-13-24-17-29-35(40)19-26(25(22-7-3-1-4-8-22)18-28(38)23-9-5-2-6-10-23)31(39)33-34(35,30(24)32(27)41-33)15-16-36(29)20-21-11-12-21/h1-10,13-14,21,25-26,29,33,37,40H,11-12,15-20H2/t25?,26?,29-,33+,34+,35-/m1/s1. The summed E-state index contributed by atoms with van der Waals surface area (Å²) in [6.45, 7) is 1.76. The van der Waals surface area contributed by atoms with Crippen molar-refractivity contribution in [1.29, 1.82) is 0 Å². The van der Waals surface area contributed by atoms with Gasteiger partial charge in [0.05, 0.1) is 11.0 Å². The van der Waals surface area contributed by atoms with Crippen molar-refractivity contribution in [1.82, 2.24) is 4.90 Å². The molecule has 0 amide bonds. The summed E-state index contributed by atoms with van der Waals surface area (Å²) in [6, 6.07) is 22.5. The van der Waals surface area contributed by atoms with Crippen molar-refractivity contribution in [2.75, 3.05) is 13.1 Å². The van der Waals surface area contributed by atoms with Gasteiger partial charge in [0.1, 0.15) is 0 Å². The number of phenols is 1. The number of nitrogens with zero attached hydrogens (tertiary/aromatic N) is 1. The monoisotopic (exact) mass is 549 g/mol. The van der Waals surface area contributed by atoms with Crippen molar-refractivity contribution in [2.45, 2.75) is 67.6 Å². The van der Waals surface area contributed by atoms with Crippen LogP contribution in [0, 0.1) is 11.8 Å². The fourth-order valence-electron chi connectivity index (χ4n) is 8.81. The zero-order chi connectivity index (χ0) is 27.9. The Morgan fingerprint density at radius 3 is 2.49 bits per heavy atom. The molecule has 0 aromatic heterocycles. The summed E-state index contributed by atoms with van der Waals surface area (Å²) in [7, 11) is 0. The van der Waals surface area contributed by atoms with E-state index in [0.29, 0.717) is 30.1 Å². The third-order valence-electron chi connectivity index (χ3n) is 10.9. The Bertz CT molecular complexity index is 1530. The van der Waals surface area contributed by atoms with Crippen LogP contribution in [0.25, 0.3) is 0 Å². The minimum absolute atomic E-state index is 0.0192. The average molecular weight is 550 g/mol. The second-order valence-corrected chi connectivity index (χ2v) is 13.0. The van der Waals surface area contributed by atoms with Crippen molar-refractivity contribution in [3.8, 4) is 11.5 Å². The molecule has 6 heteroatoms. The summed E-state index contributed by atoms with van der Waals surface area (Å²) in [5.74, 6) is -0.0343. The fourth-order valence-corrected chi connectivity index (χ4v) is 8.81. The van der Waals surface area contributed by atoms with E-state index in [1.807, 2.05) is 66.7 Å². The minimum atomic E-state index is -1.22. The quantitative estimate of drug-likeness (QED) is 0.412. The first-order valence-corrected chi connectivity index (χ1v) is 15.1. The van der Waals surface area contributed by atoms with Gasteiger partial charge >= 0.3 is 0 Å². The van der Waals surface area contributed by atoms with Crippen LogP contribution in [0.15, 0.2) is 72.8 Å². The van der Waals surface area contributed by atoms with Gasteiger partial charge in [-0.1, -0.05) is 66.7 Å². The van der Waals surface area contributed by atoms with E-state index < -0.39 is 29.0 Å². The molecule has 1 saturated heterocycles. The number of ether oxygens (including phenoxy) is 1. The Morgan fingerprint density at radius 2 is 1.76 bits per heavy atom. The SMILES string of the molecule is O=C(CC(c1ccccc1)C1C[C@@]2(O)[C@H]3Cc4ccc(O)c5c4[C@@]2(CCN3CC2CC2)[C@@H](O5)C1=O)c1ccccc1. The molecule has 2 saturated carbocycles. The molecule has 3 aromatic rings. The first-order valence-electron chi connectivity index (χ1n) is 15.1. The van der Waals surface area contributed by atoms with Gasteiger partial charge in [-0.25, -0.2) is 0 Å². The normalized spacial score (nSPS) is 32.2. The summed E-state index contributed by atoms with van der Waals surface area (Å²) < 4.78 is 6.46. The lowest BCUT2D eigenvalue weighted by Crippen LogP contribution is -2.78. The van der Waals surface area contributed by atoms with Gasteiger partial charge < -0.3 is 14.9 Å². The second-order valence-electron chi connectivity index (χ2n) is 13.0. The number of ketones is 2. The van der Waals surface area contributed by atoms with E-state index in [4.69, 9.17) is 4.74 Å². The van der Waals surface area contributed by atoms with Crippen LogP contribution in [0.2, 0.25) is 0 Å². The first kappa shape index (κ1) is 25.2. The van der Waals surface area contributed by atoms with Crippen molar-refractivity contribution in [3.05, 3.63) is 95.1 Å². The summed E-state index contributed by atoms with van der Waals surface area (Å²) in [6.07, 6.45) is 3.27. The van der Waals surface area contributed by atoms with Crippen molar-refractivity contribution in [2.24, 2.45) is 11.8 Å². The fraction of sp³-hybridized carbons (Fsp3) is 0.429. The van der Waals surface area contributed by atoms with Crippen LogP contribution in [0.3, 0.4) is 0 Å². The van der Waals surface area contributed by atoms with Crippen molar-refractivity contribution < 1.29 is 24.5 Å². The van der Waals surface area contributed by atoms with E-state index in [1.165, 1.54) is 12.8 Å². The topological polar surface area (TPSA) is 87.1 Å². The van der Waals surface area contributed by atoms with Crippen LogP contribution in [0.4, 0.5) is 0 Å². The molecule has 6 nitrogen and oxygen atoms in total. The van der Waals surface area contributed by atoms with Gasteiger partial charge in [0.25, 0.3) is 0 Å². The Balaban J connectivity index is 1.25. The van der Waals surface area contributed by atoms with Crippen LogP contribution in [-0.2, 0) is 16.6 Å². The number of aliphatic hydroxyl groups is 1. The molecule has 3 aromatic carbocycles. The average Bonchev–Trinajstić information content (AvgIpc) is 3.73. The molecule has 2 aliphatic heterocycles. The first-order chi connectivity index (χ1) is 19.9. The summed E-state index contributed by atoms with van der Waals surface area (Å²) >= 11 is 0. The van der Waals surface area contributed by atoms with Crippen LogP contribution in [0.5, 0.6) is 11.5 Å². The van der Waals surface area contributed by atoms with Crippen LogP contribution >= 0.6 is 0 Å².